The van der Waals surface area contributed by atoms with E-state index in [4.69, 9.17) is 0 Å². The van der Waals surface area contributed by atoms with Crippen molar-refractivity contribution in [3.05, 3.63) is 132 Å². The lowest BCUT2D eigenvalue weighted by Gasteiger charge is -2.01. The van der Waals surface area contributed by atoms with Crippen LogP contribution in [0.2, 0.25) is 0 Å². The van der Waals surface area contributed by atoms with Gasteiger partial charge in [-0.3, -0.25) is 14.6 Å². The molecule has 0 amide bonds. The van der Waals surface area contributed by atoms with E-state index < -0.39 is 0 Å². The number of pyridine rings is 2. The third-order valence-corrected chi connectivity index (χ3v) is 5.27. The molecular weight excluding hydrogens is 491 g/mol. The fourth-order valence-corrected chi connectivity index (χ4v) is 3.32. The van der Waals surface area contributed by atoms with Gasteiger partial charge in [0.05, 0.1) is 0 Å². The molecule has 0 aliphatic rings. The Morgan fingerprint density at radius 3 is 1.47 bits per heavy atom. The van der Waals surface area contributed by atoms with Crippen LogP contribution >= 0.6 is 11.6 Å². The molecule has 36 heavy (non-hydrogen) atoms. The predicted molar refractivity (Wildman–Crippen MR) is 142 cm³/mol. The molecule has 6 heteroatoms. The highest BCUT2D eigenvalue weighted by molar-refractivity contribution is 6.15. The van der Waals surface area contributed by atoms with E-state index in [1.54, 1.807) is 24.5 Å². The Labute approximate surface area is 225 Å². The Balaban J connectivity index is 0.000000329. The van der Waals surface area contributed by atoms with E-state index in [1.165, 1.54) is 17.5 Å². The molecule has 0 saturated carbocycles. The van der Waals surface area contributed by atoms with Gasteiger partial charge in [-0.1, -0.05) is 60.7 Å². The zero-order valence-corrected chi connectivity index (χ0v) is 22.2. The molecule has 0 atom stereocenters. The predicted octanol–water partition coefficient (Wildman–Crippen LogP) is 3.08. The lowest BCUT2D eigenvalue weighted by molar-refractivity contribution is -0.671. The monoisotopic (exact) mass is 522 g/mol. The molecule has 0 aliphatic carbocycles. The van der Waals surface area contributed by atoms with Crippen molar-refractivity contribution in [1.82, 2.24) is 4.98 Å². The number of aromatic nitrogens is 2. The van der Waals surface area contributed by atoms with Crippen LogP contribution < -0.4 is 17.0 Å². The number of alkyl halides is 1. The van der Waals surface area contributed by atoms with Crippen molar-refractivity contribution >= 4 is 23.2 Å². The Bertz CT molecular complexity index is 1140. The summed E-state index contributed by atoms with van der Waals surface area (Å²) >= 11 is 4.64. The average molecular weight is 524 g/mol. The molecule has 188 valence electrons. The lowest BCUT2D eigenvalue weighted by atomic mass is 10.0. The average Bonchev–Trinajstić information content (AvgIpc) is 2.94. The van der Waals surface area contributed by atoms with Crippen molar-refractivity contribution < 1.29 is 26.6 Å². The summed E-state index contributed by atoms with van der Waals surface area (Å²) in [5.74, 6) is 0.376. The fourth-order valence-electron chi connectivity index (χ4n) is 3.32. The van der Waals surface area contributed by atoms with Gasteiger partial charge in [0.1, 0.15) is 7.05 Å². The first-order valence-electron chi connectivity index (χ1n) is 11.5. The van der Waals surface area contributed by atoms with Crippen molar-refractivity contribution in [2.24, 2.45) is 7.05 Å². The largest absolute Gasteiger partial charge is 1.00 e. The number of carbonyl (C=O) groups is 2. The minimum atomic E-state index is 0. The summed E-state index contributed by atoms with van der Waals surface area (Å²) in [5.41, 5.74) is 3.94. The summed E-state index contributed by atoms with van der Waals surface area (Å²) in [6.07, 6.45) is 11.3. The van der Waals surface area contributed by atoms with Crippen molar-refractivity contribution in [2.75, 3.05) is 6.38 Å². The van der Waals surface area contributed by atoms with Crippen molar-refractivity contribution in [2.45, 2.75) is 25.7 Å². The molecule has 4 aromatic rings. The van der Waals surface area contributed by atoms with Crippen LogP contribution in [-0.4, -0.2) is 22.9 Å². The smallest absolute Gasteiger partial charge is 0.169 e. The number of carbonyl (C=O) groups excluding carboxylic acids is 2. The number of hydrogen-bond donors (Lipinski definition) is 0. The summed E-state index contributed by atoms with van der Waals surface area (Å²) in [5, 5.41) is 0. The fraction of sp³-hybridized carbons (Fsp3) is 0.200. The highest BCUT2D eigenvalue weighted by Crippen LogP contribution is 2.08. The highest BCUT2D eigenvalue weighted by atomic mass is 35.5. The third kappa shape index (κ3) is 11.4. The van der Waals surface area contributed by atoms with E-state index in [1.807, 2.05) is 84.7 Å². The summed E-state index contributed by atoms with van der Waals surface area (Å²) in [4.78, 5) is 27.6. The van der Waals surface area contributed by atoms with E-state index in [0.29, 0.717) is 12.8 Å². The molecule has 4 rings (SSSR count). The summed E-state index contributed by atoms with van der Waals surface area (Å²) in [6.45, 7) is 0. The van der Waals surface area contributed by atoms with E-state index in [-0.39, 0.29) is 24.0 Å². The number of aryl methyl sites for hydroxylation is 3. The van der Waals surface area contributed by atoms with Crippen LogP contribution in [0.1, 0.15) is 44.7 Å². The first-order chi connectivity index (χ1) is 17.1. The molecule has 0 N–H and O–H groups in total. The SMILES string of the molecule is CCl.C[n+]1ccc(C(=O)CCc2ccccc2)cc1.O=C(CCc1ccccc1)c1ccncc1.[Cl-]. The molecule has 0 radical (unpaired) electrons. The van der Waals surface area contributed by atoms with Crippen molar-refractivity contribution in [3.8, 4) is 0 Å². The molecule has 2 aromatic carbocycles. The zero-order valence-electron chi connectivity index (χ0n) is 20.7. The van der Waals surface area contributed by atoms with Crippen LogP contribution in [0.25, 0.3) is 0 Å². The lowest BCUT2D eigenvalue weighted by Crippen LogP contribution is -3.00. The molecule has 0 aliphatic heterocycles. The molecule has 4 nitrogen and oxygen atoms in total. The summed E-state index contributed by atoms with van der Waals surface area (Å²) in [6, 6.07) is 27.4. The number of hydrogen-bond acceptors (Lipinski definition) is 3. The van der Waals surface area contributed by atoms with Crippen LogP contribution in [-0.2, 0) is 19.9 Å². The zero-order chi connectivity index (χ0) is 25.3. The summed E-state index contributed by atoms with van der Waals surface area (Å²) < 4.78 is 1.92. The van der Waals surface area contributed by atoms with Crippen LogP contribution in [0.5, 0.6) is 0 Å². The van der Waals surface area contributed by atoms with Crippen LogP contribution in [0.3, 0.4) is 0 Å². The molecular formula is C30H32Cl2N2O2. The number of Topliss-reactive ketones (excluding diaryl/α,β-unsaturated/α-hetero) is 2. The van der Waals surface area contributed by atoms with Gasteiger partial charge in [0.2, 0.25) is 0 Å². The third-order valence-electron chi connectivity index (χ3n) is 5.27. The highest BCUT2D eigenvalue weighted by Gasteiger charge is 2.07. The Morgan fingerprint density at radius 1 is 0.667 bits per heavy atom. The normalized spacial score (nSPS) is 9.42. The first-order valence-corrected chi connectivity index (χ1v) is 12.2. The second-order valence-corrected chi connectivity index (χ2v) is 7.81. The van der Waals surface area contributed by atoms with Gasteiger partial charge in [0.15, 0.2) is 24.0 Å². The second-order valence-electron chi connectivity index (χ2n) is 7.81. The van der Waals surface area contributed by atoms with Gasteiger partial charge in [-0.05, 0) is 36.1 Å². The van der Waals surface area contributed by atoms with Crippen LogP contribution in [0.4, 0.5) is 0 Å². The number of benzene rings is 2. The topological polar surface area (TPSA) is 50.9 Å². The van der Waals surface area contributed by atoms with E-state index in [2.05, 4.69) is 28.7 Å². The number of nitrogens with zero attached hydrogens (tertiary/aromatic N) is 2. The minimum absolute atomic E-state index is 0. The minimum Gasteiger partial charge on any atom is -1.00 e. The van der Waals surface area contributed by atoms with Gasteiger partial charge in [-0.2, -0.15) is 0 Å². The maximum atomic E-state index is 11.9. The van der Waals surface area contributed by atoms with E-state index in [9.17, 15) is 9.59 Å². The Kier molecular flexibility index (Phi) is 15.3. The van der Waals surface area contributed by atoms with Crippen LogP contribution in [0, 0.1) is 0 Å². The first kappa shape index (κ1) is 30.7. The van der Waals surface area contributed by atoms with E-state index in [0.717, 1.165) is 24.0 Å². The molecule has 0 fully saturated rings. The molecule has 2 heterocycles. The maximum Gasteiger partial charge on any atom is 0.169 e. The Hall–Kier alpha value is -3.34. The van der Waals surface area contributed by atoms with Gasteiger partial charge in [0.25, 0.3) is 0 Å². The molecule has 0 unspecified atom stereocenters. The quantitative estimate of drug-likeness (QED) is 0.203. The molecule has 0 bridgehead atoms. The van der Waals surface area contributed by atoms with Gasteiger partial charge in [0, 0.05) is 54.9 Å². The van der Waals surface area contributed by atoms with E-state index >= 15 is 0 Å². The van der Waals surface area contributed by atoms with Crippen molar-refractivity contribution in [1.29, 1.82) is 0 Å². The number of halogens is 2. The number of rotatable bonds is 8. The molecule has 2 aromatic heterocycles. The maximum absolute atomic E-state index is 11.9. The van der Waals surface area contributed by atoms with Gasteiger partial charge in [-0.15, -0.1) is 11.6 Å². The van der Waals surface area contributed by atoms with Crippen LogP contribution in [0.15, 0.2) is 110 Å². The second kappa shape index (κ2) is 18.0. The molecule has 0 spiro atoms. The van der Waals surface area contributed by atoms with Crippen molar-refractivity contribution in [3.63, 3.8) is 0 Å². The van der Waals surface area contributed by atoms with Gasteiger partial charge < -0.3 is 12.4 Å². The van der Waals surface area contributed by atoms with Gasteiger partial charge >= 0.3 is 0 Å². The number of ketones is 2. The Morgan fingerprint density at radius 2 is 1.06 bits per heavy atom. The van der Waals surface area contributed by atoms with Gasteiger partial charge in [-0.25, -0.2) is 4.57 Å². The summed E-state index contributed by atoms with van der Waals surface area (Å²) in [7, 11) is 1.94. The standard InChI is InChI=1S/C15H16NO.C14H13NO.CH3Cl.ClH/c1-16-11-9-14(10-12-16)15(17)8-7-13-5-3-2-4-6-13;16-14(13-8-10-15-11-9-13)7-6-12-4-2-1-3-5-12;1-2;/h2-6,9-12H,7-8H2,1H3;1-5,8-11H,6-7H2;1H3;1H/q+1;;;/p-1. The molecule has 0 saturated heterocycles.